The maximum Gasteiger partial charge on any atom is 0.573 e. The van der Waals surface area contributed by atoms with E-state index in [1.807, 2.05) is 0 Å². The van der Waals surface area contributed by atoms with Crippen LogP contribution in [0.2, 0.25) is 0 Å². The second-order valence-electron chi connectivity index (χ2n) is 6.77. The quantitative estimate of drug-likeness (QED) is 0.548. The van der Waals surface area contributed by atoms with Gasteiger partial charge >= 0.3 is 6.36 Å². The average Bonchev–Trinajstić information content (AvgIpc) is 3.42. The summed E-state index contributed by atoms with van der Waals surface area (Å²) in [5, 5.41) is 5.56. The Labute approximate surface area is 173 Å². The molecule has 1 fully saturated rings. The van der Waals surface area contributed by atoms with Gasteiger partial charge in [-0.05, 0) is 43.2 Å². The maximum atomic E-state index is 12.6. The van der Waals surface area contributed by atoms with Crippen molar-refractivity contribution in [3.63, 3.8) is 0 Å². The van der Waals surface area contributed by atoms with Crippen LogP contribution in [0.15, 0.2) is 44.4 Å². The summed E-state index contributed by atoms with van der Waals surface area (Å²) >= 11 is 0.978. The lowest BCUT2D eigenvalue weighted by Gasteiger charge is -2.10. The molecule has 0 amide bonds. The molecule has 2 heterocycles. The van der Waals surface area contributed by atoms with Crippen molar-refractivity contribution < 1.29 is 30.8 Å². The minimum absolute atomic E-state index is 0.0142. The molecular formula is C18H16F3N3O4S2. The fourth-order valence-corrected chi connectivity index (χ4v) is 5.41. The number of alkyl halides is 3. The molecule has 1 aromatic carbocycles. The first-order chi connectivity index (χ1) is 14.2. The molecule has 0 saturated heterocycles. The number of thiophene rings is 1. The highest BCUT2D eigenvalue weighted by atomic mass is 32.2. The number of halogens is 3. The van der Waals surface area contributed by atoms with E-state index in [0.29, 0.717) is 17.3 Å². The fraction of sp³-hybridized carbons (Fsp3) is 0.333. The number of benzene rings is 1. The predicted molar refractivity (Wildman–Crippen MR) is 103 cm³/mol. The van der Waals surface area contributed by atoms with Gasteiger partial charge in [0.25, 0.3) is 10.0 Å². The zero-order valence-corrected chi connectivity index (χ0v) is 17.0. The largest absolute Gasteiger partial charge is 0.573 e. The van der Waals surface area contributed by atoms with Crippen LogP contribution in [0.3, 0.4) is 0 Å². The monoisotopic (exact) mass is 459 g/mol. The molecule has 160 valence electrons. The van der Waals surface area contributed by atoms with Crippen LogP contribution < -0.4 is 9.46 Å². The van der Waals surface area contributed by atoms with Crippen molar-refractivity contribution in [2.24, 2.45) is 0 Å². The highest BCUT2D eigenvalue weighted by Crippen LogP contribution is 2.35. The lowest BCUT2D eigenvalue weighted by atomic mass is 10.1. The van der Waals surface area contributed by atoms with Crippen LogP contribution >= 0.6 is 11.3 Å². The van der Waals surface area contributed by atoms with Gasteiger partial charge in [0.2, 0.25) is 11.7 Å². The van der Waals surface area contributed by atoms with Gasteiger partial charge in [-0.2, -0.15) is 4.98 Å². The van der Waals surface area contributed by atoms with E-state index in [2.05, 4.69) is 19.6 Å². The summed E-state index contributed by atoms with van der Waals surface area (Å²) < 4.78 is 73.3. The Hall–Kier alpha value is -2.60. The topological polar surface area (TPSA) is 94.3 Å². The standard InChI is InChI=1S/C18H16F3N3O4S2/c19-18(20,21)27-14-7-5-13(6-8-14)24-30(25,26)15-9-12(10-29-15)16-22-17(28-23-16)11-3-1-2-4-11/h5-11,24H,1-4H2. The summed E-state index contributed by atoms with van der Waals surface area (Å²) in [6, 6.07) is 5.84. The molecule has 7 nitrogen and oxygen atoms in total. The molecule has 1 aliphatic carbocycles. The van der Waals surface area contributed by atoms with Gasteiger partial charge in [0, 0.05) is 22.5 Å². The van der Waals surface area contributed by atoms with E-state index >= 15 is 0 Å². The lowest BCUT2D eigenvalue weighted by Crippen LogP contribution is -2.17. The Morgan fingerprint density at radius 2 is 1.87 bits per heavy atom. The molecule has 1 N–H and O–H groups in total. The van der Waals surface area contributed by atoms with Crippen LogP contribution in [0.4, 0.5) is 18.9 Å². The van der Waals surface area contributed by atoms with Gasteiger partial charge in [0.1, 0.15) is 9.96 Å². The number of nitrogens with zero attached hydrogens (tertiary/aromatic N) is 2. The van der Waals surface area contributed by atoms with Crippen molar-refractivity contribution in [3.05, 3.63) is 41.6 Å². The van der Waals surface area contributed by atoms with Crippen molar-refractivity contribution in [3.8, 4) is 17.1 Å². The van der Waals surface area contributed by atoms with E-state index < -0.39 is 22.1 Å². The molecule has 3 aromatic rings. The predicted octanol–water partition coefficient (Wildman–Crippen LogP) is 5.16. The van der Waals surface area contributed by atoms with E-state index in [1.54, 1.807) is 5.38 Å². The normalized spacial score (nSPS) is 15.4. The molecule has 2 aromatic heterocycles. The first-order valence-corrected chi connectivity index (χ1v) is 11.4. The third kappa shape index (κ3) is 4.75. The zero-order valence-electron chi connectivity index (χ0n) is 15.3. The number of aromatic nitrogens is 2. The Kier molecular flexibility index (Phi) is 5.45. The van der Waals surface area contributed by atoms with Crippen LogP contribution in [-0.4, -0.2) is 24.9 Å². The Morgan fingerprint density at radius 3 is 2.53 bits per heavy atom. The maximum absolute atomic E-state index is 12.6. The number of anilines is 1. The van der Waals surface area contributed by atoms with Crippen molar-refractivity contribution in [1.82, 2.24) is 10.1 Å². The summed E-state index contributed by atoms with van der Waals surface area (Å²) in [5.74, 6) is 0.693. The average molecular weight is 459 g/mol. The Morgan fingerprint density at radius 1 is 1.17 bits per heavy atom. The molecule has 0 spiro atoms. The molecule has 0 radical (unpaired) electrons. The van der Waals surface area contributed by atoms with Crippen molar-refractivity contribution in [2.45, 2.75) is 42.2 Å². The van der Waals surface area contributed by atoms with E-state index in [-0.39, 0.29) is 15.8 Å². The Bertz CT molecular complexity index is 1120. The number of ether oxygens (including phenoxy) is 1. The van der Waals surface area contributed by atoms with Gasteiger partial charge in [-0.3, -0.25) is 4.72 Å². The van der Waals surface area contributed by atoms with Gasteiger partial charge in [-0.1, -0.05) is 18.0 Å². The van der Waals surface area contributed by atoms with Gasteiger partial charge in [0.15, 0.2) is 0 Å². The fourth-order valence-electron chi connectivity index (χ4n) is 3.20. The van der Waals surface area contributed by atoms with E-state index in [0.717, 1.165) is 49.2 Å². The molecule has 4 rings (SSSR count). The number of hydrogen-bond donors (Lipinski definition) is 1. The molecular weight excluding hydrogens is 443 g/mol. The second kappa shape index (κ2) is 7.91. The van der Waals surface area contributed by atoms with E-state index in [1.165, 1.54) is 18.2 Å². The van der Waals surface area contributed by atoms with Crippen molar-refractivity contribution >= 4 is 27.0 Å². The van der Waals surface area contributed by atoms with E-state index in [4.69, 9.17) is 4.52 Å². The number of sulfonamides is 1. The summed E-state index contributed by atoms with van der Waals surface area (Å²) in [6.45, 7) is 0. The van der Waals surface area contributed by atoms with Gasteiger partial charge < -0.3 is 9.26 Å². The summed E-state index contributed by atoms with van der Waals surface area (Å²) in [4.78, 5) is 4.39. The number of rotatable bonds is 6. The van der Waals surface area contributed by atoms with Gasteiger partial charge in [-0.25, -0.2) is 8.42 Å². The lowest BCUT2D eigenvalue weighted by molar-refractivity contribution is -0.274. The van der Waals surface area contributed by atoms with Gasteiger partial charge in [-0.15, -0.1) is 24.5 Å². The first-order valence-electron chi connectivity index (χ1n) is 9.01. The molecule has 0 unspecified atom stereocenters. The van der Waals surface area contributed by atoms with Crippen LogP contribution in [-0.2, 0) is 10.0 Å². The summed E-state index contributed by atoms with van der Waals surface area (Å²) in [7, 11) is -3.94. The third-order valence-corrected chi connectivity index (χ3v) is 7.41. The minimum atomic E-state index is -4.82. The summed E-state index contributed by atoms with van der Waals surface area (Å²) in [5.41, 5.74) is 0.616. The van der Waals surface area contributed by atoms with Crippen LogP contribution in [0.25, 0.3) is 11.4 Å². The van der Waals surface area contributed by atoms with E-state index in [9.17, 15) is 21.6 Å². The van der Waals surface area contributed by atoms with Crippen LogP contribution in [0, 0.1) is 0 Å². The molecule has 12 heteroatoms. The highest BCUT2D eigenvalue weighted by molar-refractivity contribution is 7.94. The molecule has 1 aliphatic rings. The van der Waals surface area contributed by atoms with Crippen LogP contribution in [0.1, 0.15) is 37.5 Å². The number of nitrogens with one attached hydrogen (secondary N) is 1. The second-order valence-corrected chi connectivity index (χ2v) is 9.59. The first kappa shape index (κ1) is 20.7. The molecule has 0 bridgehead atoms. The minimum Gasteiger partial charge on any atom is -0.406 e. The zero-order chi connectivity index (χ0) is 21.4. The van der Waals surface area contributed by atoms with Crippen molar-refractivity contribution in [2.75, 3.05) is 4.72 Å². The molecule has 0 atom stereocenters. The SMILES string of the molecule is O=S(=O)(Nc1ccc(OC(F)(F)F)cc1)c1cc(-c2noc(C3CCCC3)n2)cs1. The smallest absolute Gasteiger partial charge is 0.406 e. The molecule has 1 saturated carbocycles. The highest BCUT2D eigenvalue weighted by Gasteiger charge is 2.31. The molecule has 0 aliphatic heterocycles. The number of hydrogen-bond acceptors (Lipinski definition) is 7. The Balaban J connectivity index is 1.47. The summed E-state index contributed by atoms with van der Waals surface area (Å²) in [6.07, 6.45) is -0.569. The van der Waals surface area contributed by atoms with Crippen molar-refractivity contribution in [1.29, 1.82) is 0 Å². The van der Waals surface area contributed by atoms with Crippen LogP contribution in [0.5, 0.6) is 5.75 Å². The van der Waals surface area contributed by atoms with Gasteiger partial charge in [0.05, 0.1) is 0 Å². The molecule has 30 heavy (non-hydrogen) atoms. The third-order valence-electron chi connectivity index (χ3n) is 4.58.